The Morgan fingerprint density at radius 2 is 1.95 bits per heavy atom. The van der Waals surface area contributed by atoms with Gasteiger partial charge in [0.25, 0.3) is 10.0 Å². The Morgan fingerprint density at radius 3 is 2.52 bits per heavy atom. The molecule has 0 aliphatic carbocycles. The predicted molar refractivity (Wildman–Crippen MR) is 80.5 cm³/mol. The van der Waals surface area contributed by atoms with E-state index in [2.05, 4.69) is 4.72 Å². The summed E-state index contributed by atoms with van der Waals surface area (Å²) in [5.41, 5.74) is 0.538. The van der Waals surface area contributed by atoms with E-state index in [1.807, 2.05) is 0 Å². The molecule has 1 heterocycles. The zero-order valence-electron chi connectivity index (χ0n) is 11.4. The van der Waals surface area contributed by atoms with Crippen molar-refractivity contribution in [3.05, 3.63) is 53.4 Å². The molecule has 1 unspecified atom stereocenters. The van der Waals surface area contributed by atoms with Gasteiger partial charge in [-0.3, -0.25) is 0 Å². The van der Waals surface area contributed by atoms with Crippen molar-refractivity contribution < 1.29 is 17.9 Å². The molecule has 2 aromatic rings. The number of sulfonamides is 1. The monoisotopic (exact) mass is 325 g/mol. The number of rotatable bonds is 6. The zero-order valence-corrected chi connectivity index (χ0v) is 13.0. The molecule has 5 nitrogen and oxygen atoms in total. The summed E-state index contributed by atoms with van der Waals surface area (Å²) < 4.78 is 32.1. The third kappa shape index (κ3) is 3.90. The van der Waals surface area contributed by atoms with Gasteiger partial charge in [-0.05, 0) is 23.9 Å². The van der Waals surface area contributed by atoms with E-state index in [1.54, 1.807) is 48.7 Å². The Labute approximate surface area is 127 Å². The molecule has 1 aromatic heterocycles. The van der Waals surface area contributed by atoms with Crippen LogP contribution in [-0.4, -0.2) is 21.0 Å². The fraction of sp³-hybridized carbons (Fsp3) is 0.214. The smallest absolute Gasteiger partial charge is 0.328 e. The molecule has 21 heavy (non-hydrogen) atoms. The van der Waals surface area contributed by atoms with Crippen LogP contribution in [0.15, 0.2) is 52.1 Å². The summed E-state index contributed by atoms with van der Waals surface area (Å²) in [5, 5.41) is 1.66. The summed E-state index contributed by atoms with van der Waals surface area (Å²) in [6, 6.07) is 10.7. The second-order valence-corrected chi connectivity index (χ2v) is 7.04. The van der Waals surface area contributed by atoms with Crippen LogP contribution in [0.4, 0.5) is 0 Å². The van der Waals surface area contributed by atoms with Crippen molar-refractivity contribution in [1.29, 1.82) is 0 Å². The fourth-order valence-electron chi connectivity index (χ4n) is 1.75. The molecule has 2 rings (SSSR count). The largest absolute Gasteiger partial charge is 0.465 e. The van der Waals surface area contributed by atoms with Gasteiger partial charge in [-0.1, -0.05) is 36.4 Å². The van der Waals surface area contributed by atoms with Crippen LogP contribution in [0.1, 0.15) is 18.5 Å². The maximum atomic E-state index is 12.3. The number of ether oxygens (including phenoxy) is 1. The molecule has 0 aliphatic heterocycles. The van der Waals surface area contributed by atoms with Crippen molar-refractivity contribution in [3.8, 4) is 0 Å². The van der Waals surface area contributed by atoms with Gasteiger partial charge in [0.2, 0.25) is 0 Å². The van der Waals surface area contributed by atoms with Gasteiger partial charge in [-0.15, -0.1) is 11.3 Å². The Balaban J connectivity index is 2.31. The van der Waals surface area contributed by atoms with Crippen molar-refractivity contribution in [2.75, 3.05) is 6.61 Å². The van der Waals surface area contributed by atoms with E-state index < -0.39 is 22.0 Å². The van der Waals surface area contributed by atoms with Crippen LogP contribution in [0, 0.1) is 0 Å². The number of hydrogen-bond acceptors (Lipinski definition) is 5. The highest BCUT2D eigenvalue weighted by atomic mass is 32.2. The number of carbonyl (C=O) groups is 1. The number of nitrogens with one attached hydrogen (secondary N) is 1. The van der Waals surface area contributed by atoms with Crippen LogP contribution in [0.5, 0.6) is 0 Å². The van der Waals surface area contributed by atoms with E-state index in [1.165, 1.54) is 6.07 Å². The number of esters is 1. The molecule has 7 heteroatoms. The van der Waals surface area contributed by atoms with E-state index in [4.69, 9.17) is 4.74 Å². The quantitative estimate of drug-likeness (QED) is 0.827. The van der Waals surface area contributed by atoms with Crippen LogP contribution in [0.25, 0.3) is 0 Å². The average Bonchev–Trinajstić information content (AvgIpc) is 3.01. The van der Waals surface area contributed by atoms with Crippen molar-refractivity contribution in [2.24, 2.45) is 0 Å². The summed E-state index contributed by atoms with van der Waals surface area (Å²) in [5.74, 6) is -0.621. The molecule has 0 saturated carbocycles. The van der Waals surface area contributed by atoms with Crippen LogP contribution in [-0.2, 0) is 19.6 Å². The molecule has 0 radical (unpaired) electrons. The molecule has 112 valence electrons. The molecular formula is C14H15NO4S2. The standard InChI is InChI=1S/C14H15NO4S2/c1-2-19-14(16)13(11-7-4-3-5-8-11)15-21(17,18)12-9-6-10-20-12/h3-10,13,15H,2H2,1H3. The number of thiophene rings is 1. The molecule has 0 spiro atoms. The van der Waals surface area contributed by atoms with Crippen LogP contribution >= 0.6 is 11.3 Å². The summed E-state index contributed by atoms with van der Waals surface area (Å²) in [7, 11) is -3.76. The zero-order chi connectivity index (χ0) is 15.3. The summed E-state index contributed by atoms with van der Waals surface area (Å²) in [4.78, 5) is 12.0. The maximum absolute atomic E-state index is 12.3. The Bertz CT molecular complexity index is 681. The van der Waals surface area contributed by atoms with Gasteiger partial charge in [0.1, 0.15) is 10.3 Å². The van der Waals surface area contributed by atoms with E-state index in [-0.39, 0.29) is 10.8 Å². The van der Waals surface area contributed by atoms with Gasteiger partial charge in [0.05, 0.1) is 6.61 Å². The minimum absolute atomic E-state index is 0.160. The lowest BCUT2D eigenvalue weighted by molar-refractivity contribution is -0.145. The van der Waals surface area contributed by atoms with Gasteiger partial charge in [0.15, 0.2) is 0 Å². The van der Waals surface area contributed by atoms with Gasteiger partial charge in [0, 0.05) is 0 Å². The minimum Gasteiger partial charge on any atom is -0.465 e. The summed E-state index contributed by atoms with van der Waals surface area (Å²) in [6.45, 7) is 1.86. The molecule has 0 aliphatic rings. The van der Waals surface area contributed by atoms with E-state index in [0.29, 0.717) is 5.56 Å². The highest BCUT2D eigenvalue weighted by Crippen LogP contribution is 2.21. The van der Waals surface area contributed by atoms with Crippen molar-refractivity contribution in [3.63, 3.8) is 0 Å². The Kier molecular flexibility index (Phi) is 5.11. The molecule has 0 fully saturated rings. The molecular weight excluding hydrogens is 310 g/mol. The molecule has 0 amide bonds. The second kappa shape index (κ2) is 6.84. The molecule has 1 N–H and O–H groups in total. The second-order valence-electron chi connectivity index (χ2n) is 4.15. The van der Waals surface area contributed by atoms with E-state index in [9.17, 15) is 13.2 Å². The lowest BCUT2D eigenvalue weighted by Gasteiger charge is -2.17. The van der Waals surface area contributed by atoms with Crippen LogP contribution in [0.2, 0.25) is 0 Å². The predicted octanol–water partition coefficient (Wildman–Crippen LogP) is 2.33. The minimum atomic E-state index is -3.76. The van der Waals surface area contributed by atoms with Gasteiger partial charge in [-0.2, -0.15) is 4.72 Å². The highest BCUT2D eigenvalue weighted by molar-refractivity contribution is 7.91. The third-order valence-corrected chi connectivity index (χ3v) is 5.51. The molecule has 1 aromatic carbocycles. The van der Waals surface area contributed by atoms with E-state index >= 15 is 0 Å². The average molecular weight is 325 g/mol. The first-order valence-electron chi connectivity index (χ1n) is 6.32. The summed E-state index contributed by atoms with van der Waals surface area (Å²) in [6.07, 6.45) is 0. The third-order valence-electron chi connectivity index (χ3n) is 2.69. The maximum Gasteiger partial charge on any atom is 0.328 e. The van der Waals surface area contributed by atoms with Gasteiger partial charge < -0.3 is 4.74 Å². The summed E-state index contributed by atoms with van der Waals surface area (Å²) >= 11 is 1.09. The van der Waals surface area contributed by atoms with Crippen LogP contribution < -0.4 is 4.72 Å². The van der Waals surface area contributed by atoms with Gasteiger partial charge in [-0.25, -0.2) is 13.2 Å². The Hall–Kier alpha value is -1.70. The van der Waals surface area contributed by atoms with E-state index in [0.717, 1.165) is 11.3 Å². The van der Waals surface area contributed by atoms with Gasteiger partial charge >= 0.3 is 5.97 Å². The molecule has 0 saturated heterocycles. The number of benzene rings is 1. The lowest BCUT2D eigenvalue weighted by atomic mass is 10.1. The fourth-order valence-corrected chi connectivity index (χ4v) is 3.94. The van der Waals surface area contributed by atoms with Crippen molar-refractivity contribution in [1.82, 2.24) is 4.72 Å². The molecule has 0 bridgehead atoms. The SMILES string of the molecule is CCOC(=O)C(NS(=O)(=O)c1cccs1)c1ccccc1. The van der Waals surface area contributed by atoms with Crippen molar-refractivity contribution >= 4 is 27.3 Å². The van der Waals surface area contributed by atoms with Crippen LogP contribution in [0.3, 0.4) is 0 Å². The normalized spacial score (nSPS) is 12.8. The lowest BCUT2D eigenvalue weighted by Crippen LogP contribution is -2.34. The Morgan fingerprint density at radius 1 is 1.24 bits per heavy atom. The highest BCUT2D eigenvalue weighted by Gasteiger charge is 2.28. The first-order chi connectivity index (χ1) is 10.0. The number of hydrogen-bond donors (Lipinski definition) is 1. The first-order valence-corrected chi connectivity index (χ1v) is 8.68. The van der Waals surface area contributed by atoms with Crippen molar-refractivity contribution in [2.45, 2.75) is 17.2 Å². The first kappa shape index (κ1) is 15.7. The topological polar surface area (TPSA) is 72.5 Å². The number of carbonyl (C=O) groups excluding carboxylic acids is 1. The molecule has 1 atom stereocenters.